The van der Waals surface area contributed by atoms with Gasteiger partial charge in [0.1, 0.15) is 11.5 Å². The second-order valence-electron chi connectivity index (χ2n) is 7.10. The second-order valence-corrected chi connectivity index (χ2v) is 8.66. The number of furan rings is 1. The third-order valence-electron chi connectivity index (χ3n) is 4.91. The number of carbonyl (C=O) groups excluding carboxylic acids is 1. The monoisotopic (exact) mass is 465 g/mol. The van der Waals surface area contributed by atoms with Crippen LogP contribution in [0.3, 0.4) is 0 Å². The van der Waals surface area contributed by atoms with Gasteiger partial charge in [-0.05, 0) is 54.6 Å². The number of hydrogen-bond acceptors (Lipinski definition) is 6. The van der Waals surface area contributed by atoms with Crippen molar-refractivity contribution >= 4 is 28.6 Å². The molecule has 0 saturated carbocycles. The van der Waals surface area contributed by atoms with Gasteiger partial charge in [0.25, 0.3) is 5.56 Å². The van der Waals surface area contributed by atoms with E-state index in [0.29, 0.717) is 33.7 Å². The van der Waals surface area contributed by atoms with Crippen molar-refractivity contribution in [3.63, 3.8) is 0 Å². The minimum absolute atomic E-state index is 0.0631. The summed E-state index contributed by atoms with van der Waals surface area (Å²) < 4.78 is 34.7. The molecule has 2 aromatic heterocycles. The number of aromatic nitrogens is 2. The fourth-order valence-corrected chi connectivity index (χ4v) is 3.77. The van der Waals surface area contributed by atoms with Crippen molar-refractivity contribution in [3.05, 3.63) is 92.9 Å². The van der Waals surface area contributed by atoms with Gasteiger partial charge >= 0.3 is 5.97 Å². The fourth-order valence-electron chi connectivity index (χ4n) is 3.26. The van der Waals surface area contributed by atoms with Crippen molar-refractivity contribution in [1.29, 1.82) is 0 Å². The van der Waals surface area contributed by atoms with Gasteiger partial charge in [-0.2, -0.15) is 0 Å². The van der Waals surface area contributed by atoms with E-state index >= 15 is 0 Å². The smallest absolute Gasteiger partial charge is 0.337 e. The lowest BCUT2D eigenvalue weighted by Crippen LogP contribution is -2.33. The first-order chi connectivity index (χ1) is 15.7. The quantitative estimate of drug-likeness (QED) is 0.424. The third kappa shape index (κ3) is 4.43. The summed E-state index contributed by atoms with van der Waals surface area (Å²) in [6.07, 6.45) is 1.55. The van der Waals surface area contributed by atoms with Crippen LogP contribution in [-0.4, -0.2) is 31.3 Å². The van der Waals surface area contributed by atoms with Crippen molar-refractivity contribution in [2.45, 2.75) is 4.90 Å². The van der Waals surface area contributed by atoms with Crippen LogP contribution in [0.2, 0.25) is 0 Å². The molecule has 33 heavy (non-hydrogen) atoms. The maximum absolute atomic E-state index is 12.9. The number of nitrogens with two attached hydrogens (primary N) is 1. The summed E-state index contributed by atoms with van der Waals surface area (Å²) in [6.45, 7) is 3.87. The Hall–Kier alpha value is -4.15. The van der Waals surface area contributed by atoms with Crippen LogP contribution in [0.1, 0.15) is 16.1 Å². The van der Waals surface area contributed by atoms with Crippen LogP contribution >= 0.6 is 0 Å². The first-order valence-electron chi connectivity index (χ1n) is 9.61. The number of nitrogens with one attached hydrogen (secondary N) is 1. The van der Waals surface area contributed by atoms with E-state index in [4.69, 9.17) is 14.3 Å². The Morgan fingerprint density at radius 3 is 2.55 bits per heavy atom. The first kappa shape index (κ1) is 22.1. The molecule has 4 aromatic rings. The highest BCUT2D eigenvalue weighted by Gasteiger charge is 2.11. The maximum Gasteiger partial charge on any atom is 0.337 e. The Bertz CT molecular complexity index is 1630. The van der Waals surface area contributed by atoms with Gasteiger partial charge in [0.15, 0.2) is 0 Å². The average molecular weight is 465 g/mol. The van der Waals surface area contributed by atoms with E-state index < -0.39 is 21.6 Å². The number of benzene rings is 2. The molecule has 2 heterocycles. The zero-order valence-electron chi connectivity index (χ0n) is 17.4. The molecule has 0 aliphatic heterocycles. The van der Waals surface area contributed by atoms with Crippen molar-refractivity contribution in [1.82, 2.24) is 9.78 Å². The molecule has 0 unspecified atom stereocenters. The predicted molar refractivity (Wildman–Crippen MR) is 122 cm³/mol. The van der Waals surface area contributed by atoms with Gasteiger partial charge in [0, 0.05) is 5.56 Å². The van der Waals surface area contributed by atoms with Crippen LogP contribution in [0.25, 0.3) is 29.7 Å². The highest BCUT2D eigenvalue weighted by molar-refractivity contribution is 7.89. The lowest BCUT2D eigenvalue weighted by molar-refractivity contribution is 0.0600. The average Bonchev–Trinajstić information content (AvgIpc) is 3.38. The Morgan fingerprint density at radius 2 is 1.88 bits per heavy atom. The highest BCUT2D eigenvalue weighted by Crippen LogP contribution is 2.23. The van der Waals surface area contributed by atoms with Crippen molar-refractivity contribution < 1.29 is 22.4 Å². The van der Waals surface area contributed by atoms with E-state index in [1.807, 2.05) is 0 Å². The van der Waals surface area contributed by atoms with Crippen molar-refractivity contribution in [2.75, 3.05) is 7.11 Å². The Balaban J connectivity index is 1.70. The van der Waals surface area contributed by atoms with Gasteiger partial charge in [0.05, 0.1) is 33.8 Å². The topological polar surface area (TPSA) is 137 Å². The summed E-state index contributed by atoms with van der Waals surface area (Å²) in [5.74, 6) is 0.458. The van der Waals surface area contributed by atoms with Gasteiger partial charge in [0.2, 0.25) is 10.0 Å². The molecular weight excluding hydrogens is 446 g/mol. The van der Waals surface area contributed by atoms with E-state index in [9.17, 15) is 18.0 Å². The van der Waals surface area contributed by atoms with Crippen LogP contribution in [0.15, 0.2) is 74.8 Å². The fraction of sp³-hybridized carbons (Fsp3) is 0.0435. The summed E-state index contributed by atoms with van der Waals surface area (Å²) in [5, 5.41) is 8.59. The maximum atomic E-state index is 12.9. The number of nitrogens with zero attached hydrogens (tertiary/aromatic N) is 1. The van der Waals surface area contributed by atoms with Crippen LogP contribution < -0.4 is 21.3 Å². The van der Waals surface area contributed by atoms with E-state index in [0.717, 1.165) is 0 Å². The predicted octanol–water partition coefficient (Wildman–Crippen LogP) is 1.10. The van der Waals surface area contributed by atoms with Crippen LogP contribution in [0, 0.1) is 0 Å². The van der Waals surface area contributed by atoms with Crippen LogP contribution in [0.4, 0.5) is 0 Å². The molecule has 4 rings (SSSR count). The number of sulfonamides is 1. The molecule has 0 aliphatic carbocycles. The zero-order valence-corrected chi connectivity index (χ0v) is 18.3. The summed E-state index contributed by atoms with van der Waals surface area (Å²) in [7, 11) is -2.53. The standard InChI is InChI=1S/C23H19N3O6S/c1-14-20(22(27)26(25-14)17-6-9-19(10-7-17)33(24,29)30)13-18-8-11-21(32-18)15-4-3-5-16(12-15)23(28)31-2/h3-13,25H,1H2,2H3,(H2,24,29,30). The molecule has 0 fully saturated rings. The van der Waals surface area contributed by atoms with Gasteiger partial charge in [-0.1, -0.05) is 18.7 Å². The number of carbonyl (C=O) groups is 1. The highest BCUT2D eigenvalue weighted by atomic mass is 32.2. The van der Waals surface area contributed by atoms with E-state index in [1.54, 1.807) is 42.5 Å². The zero-order chi connectivity index (χ0) is 23.8. The number of H-pyrrole nitrogens is 1. The van der Waals surface area contributed by atoms with Gasteiger partial charge in [-0.15, -0.1) is 0 Å². The molecule has 0 radical (unpaired) electrons. The normalized spacial score (nSPS) is 12.1. The Kier molecular flexibility index (Phi) is 5.62. The molecule has 0 saturated heterocycles. The summed E-state index contributed by atoms with van der Waals surface area (Å²) >= 11 is 0. The van der Waals surface area contributed by atoms with Crippen LogP contribution in [0.5, 0.6) is 0 Å². The molecule has 9 nitrogen and oxygen atoms in total. The summed E-state index contributed by atoms with van der Waals surface area (Å²) in [6, 6.07) is 15.7. The number of rotatable bonds is 5. The Morgan fingerprint density at radius 1 is 1.15 bits per heavy atom. The molecule has 3 N–H and O–H groups in total. The molecule has 0 amide bonds. The summed E-state index contributed by atoms with van der Waals surface area (Å²) in [4.78, 5) is 24.6. The molecule has 2 aromatic carbocycles. The molecule has 0 bridgehead atoms. The second kappa shape index (κ2) is 8.41. The number of esters is 1. The van der Waals surface area contributed by atoms with Gasteiger partial charge < -0.3 is 9.15 Å². The molecular formula is C23H19N3O6S. The SMILES string of the molecule is C=c1[nH]n(-c2ccc(S(N)(=O)=O)cc2)c(=O)c1=Cc1ccc(-c2cccc(C(=O)OC)c2)o1. The van der Waals surface area contributed by atoms with Gasteiger partial charge in [-0.3, -0.25) is 9.89 Å². The number of aromatic amines is 1. The number of ether oxygens (including phenoxy) is 1. The third-order valence-corrected chi connectivity index (χ3v) is 5.84. The van der Waals surface area contributed by atoms with E-state index in [2.05, 4.69) is 11.7 Å². The van der Waals surface area contributed by atoms with E-state index in [1.165, 1.54) is 36.1 Å². The van der Waals surface area contributed by atoms with Gasteiger partial charge in [-0.25, -0.2) is 23.0 Å². The van der Waals surface area contributed by atoms with Crippen molar-refractivity contribution in [3.8, 4) is 17.0 Å². The Labute approximate surface area is 188 Å². The largest absolute Gasteiger partial charge is 0.465 e. The van der Waals surface area contributed by atoms with Crippen molar-refractivity contribution in [2.24, 2.45) is 5.14 Å². The molecule has 10 heteroatoms. The molecule has 0 spiro atoms. The summed E-state index contributed by atoms with van der Waals surface area (Å²) in [5.41, 5.74) is 1.08. The first-order valence-corrected chi connectivity index (χ1v) is 11.2. The lowest BCUT2D eigenvalue weighted by atomic mass is 10.1. The number of methoxy groups -OCH3 is 1. The lowest BCUT2D eigenvalue weighted by Gasteiger charge is -2.02. The van der Waals surface area contributed by atoms with Crippen LogP contribution in [-0.2, 0) is 14.8 Å². The molecule has 0 aliphatic rings. The molecule has 168 valence electrons. The minimum Gasteiger partial charge on any atom is -0.465 e. The minimum atomic E-state index is -3.84. The number of hydrogen-bond donors (Lipinski definition) is 2. The van der Waals surface area contributed by atoms with E-state index in [-0.39, 0.29) is 10.1 Å². The molecule has 0 atom stereocenters. The number of primary sulfonamides is 1.